The second-order valence-electron chi connectivity index (χ2n) is 7.10. The van der Waals surface area contributed by atoms with Crippen LogP contribution in [0.15, 0.2) is 35.7 Å². The van der Waals surface area contributed by atoms with E-state index in [1.165, 1.54) is 4.31 Å². The first-order chi connectivity index (χ1) is 11.6. The summed E-state index contributed by atoms with van der Waals surface area (Å²) in [4.78, 5) is 12.1. The number of hydrogen-bond donors (Lipinski definition) is 1. The van der Waals surface area contributed by atoms with E-state index in [4.69, 9.17) is 4.74 Å². The van der Waals surface area contributed by atoms with Gasteiger partial charge in [-0.2, -0.15) is 4.31 Å². The van der Waals surface area contributed by atoms with Gasteiger partial charge in [-0.05, 0) is 51.3 Å². The molecule has 138 valence electrons. The molecule has 1 aromatic rings. The first-order valence-corrected chi connectivity index (χ1v) is 9.78. The largest absolute Gasteiger partial charge is 0.444 e. The third-order valence-corrected chi connectivity index (χ3v) is 5.80. The van der Waals surface area contributed by atoms with Crippen molar-refractivity contribution in [3.8, 4) is 0 Å². The number of ether oxygens (including phenoxy) is 1. The van der Waals surface area contributed by atoms with Crippen LogP contribution >= 0.6 is 0 Å². The number of rotatable bonds is 4. The Bertz CT molecular complexity index is 730. The average Bonchev–Trinajstić information content (AvgIpc) is 2.53. The molecule has 0 aliphatic carbocycles. The van der Waals surface area contributed by atoms with Gasteiger partial charge in [-0.25, -0.2) is 13.2 Å². The van der Waals surface area contributed by atoms with E-state index in [0.29, 0.717) is 25.9 Å². The Balaban J connectivity index is 1.97. The summed E-state index contributed by atoms with van der Waals surface area (Å²) in [6.07, 6.45) is 2.27. The van der Waals surface area contributed by atoms with Crippen molar-refractivity contribution in [2.75, 3.05) is 13.1 Å². The molecule has 0 atom stereocenters. The summed E-state index contributed by atoms with van der Waals surface area (Å²) in [5.74, 6) is 0. The molecule has 1 heterocycles. The van der Waals surface area contributed by atoms with E-state index in [1.807, 2.05) is 6.07 Å². The zero-order valence-corrected chi connectivity index (χ0v) is 15.8. The quantitative estimate of drug-likeness (QED) is 0.889. The van der Waals surface area contributed by atoms with E-state index in [1.54, 1.807) is 45.0 Å². The van der Waals surface area contributed by atoms with Crippen LogP contribution in [0, 0.1) is 0 Å². The molecule has 0 unspecified atom stereocenters. The Labute approximate surface area is 149 Å². The molecule has 2 rings (SSSR count). The van der Waals surface area contributed by atoms with Crippen LogP contribution in [0.4, 0.5) is 4.79 Å². The van der Waals surface area contributed by atoms with E-state index in [2.05, 4.69) is 11.9 Å². The predicted molar refractivity (Wildman–Crippen MR) is 97.7 cm³/mol. The van der Waals surface area contributed by atoms with Crippen LogP contribution in [0.25, 0.3) is 6.08 Å². The van der Waals surface area contributed by atoms with E-state index < -0.39 is 21.7 Å². The minimum atomic E-state index is -3.53. The number of piperidine rings is 1. The molecule has 7 heteroatoms. The maximum absolute atomic E-state index is 12.8. The molecule has 1 aliphatic rings. The van der Waals surface area contributed by atoms with Gasteiger partial charge in [0.2, 0.25) is 10.0 Å². The van der Waals surface area contributed by atoms with Gasteiger partial charge in [0.1, 0.15) is 5.60 Å². The summed E-state index contributed by atoms with van der Waals surface area (Å²) in [5, 5.41) is 2.81. The lowest BCUT2D eigenvalue weighted by Gasteiger charge is -2.32. The maximum atomic E-state index is 12.8. The maximum Gasteiger partial charge on any atom is 0.407 e. The first-order valence-electron chi connectivity index (χ1n) is 8.34. The molecule has 0 aromatic heterocycles. The van der Waals surface area contributed by atoms with Crippen LogP contribution in [0.2, 0.25) is 0 Å². The predicted octanol–water partition coefficient (Wildman–Crippen LogP) is 3.01. The topological polar surface area (TPSA) is 75.7 Å². The van der Waals surface area contributed by atoms with Crippen molar-refractivity contribution < 1.29 is 17.9 Å². The fourth-order valence-electron chi connectivity index (χ4n) is 2.67. The fourth-order valence-corrected chi connectivity index (χ4v) is 4.19. The molecule has 25 heavy (non-hydrogen) atoms. The summed E-state index contributed by atoms with van der Waals surface area (Å²) < 4.78 is 32.2. The average molecular weight is 366 g/mol. The van der Waals surface area contributed by atoms with Crippen molar-refractivity contribution in [1.29, 1.82) is 0 Å². The van der Waals surface area contributed by atoms with Crippen molar-refractivity contribution in [3.63, 3.8) is 0 Å². The molecule has 0 radical (unpaired) electrons. The summed E-state index contributed by atoms with van der Waals surface area (Å²) in [6.45, 7) is 9.81. The van der Waals surface area contributed by atoms with Gasteiger partial charge in [-0.15, -0.1) is 0 Å². The van der Waals surface area contributed by atoms with Crippen molar-refractivity contribution in [1.82, 2.24) is 9.62 Å². The molecular formula is C18H26N2O4S. The third kappa shape index (κ3) is 5.31. The number of carbonyl (C=O) groups excluding carboxylic acids is 1. The standard InChI is InChI=1S/C18H26N2O4S/c1-5-14-7-6-8-16(13-14)25(22,23)20-11-9-15(10-12-20)19-17(21)24-18(2,3)4/h5-8,13,15H,1,9-12H2,2-4H3,(H,19,21). The van der Waals surface area contributed by atoms with Crippen LogP contribution in [0.1, 0.15) is 39.2 Å². The van der Waals surface area contributed by atoms with Gasteiger partial charge in [0.25, 0.3) is 0 Å². The summed E-state index contributed by atoms with van der Waals surface area (Å²) in [5.41, 5.74) is 0.215. The van der Waals surface area contributed by atoms with E-state index in [0.717, 1.165) is 5.56 Å². The molecule has 0 bridgehead atoms. The Hall–Kier alpha value is -1.86. The molecule has 6 nitrogen and oxygen atoms in total. The Morgan fingerprint density at radius 1 is 1.32 bits per heavy atom. The minimum Gasteiger partial charge on any atom is -0.444 e. The number of benzene rings is 1. The Morgan fingerprint density at radius 2 is 1.96 bits per heavy atom. The van der Waals surface area contributed by atoms with Crippen LogP contribution in [0.5, 0.6) is 0 Å². The number of nitrogens with one attached hydrogen (secondary N) is 1. The highest BCUT2D eigenvalue weighted by Crippen LogP contribution is 2.22. The van der Waals surface area contributed by atoms with Gasteiger partial charge in [0, 0.05) is 19.1 Å². The first kappa shape index (κ1) is 19.5. The van der Waals surface area contributed by atoms with Gasteiger partial charge >= 0.3 is 6.09 Å². The number of nitrogens with zero attached hydrogens (tertiary/aromatic N) is 1. The van der Waals surface area contributed by atoms with Crippen molar-refractivity contribution in [3.05, 3.63) is 36.4 Å². The van der Waals surface area contributed by atoms with E-state index in [-0.39, 0.29) is 10.9 Å². The number of sulfonamides is 1. The zero-order chi connectivity index (χ0) is 18.7. The van der Waals surface area contributed by atoms with Gasteiger partial charge in [-0.1, -0.05) is 24.8 Å². The zero-order valence-electron chi connectivity index (χ0n) is 15.0. The number of amides is 1. The second-order valence-corrected chi connectivity index (χ2v) is 9.04. The molecule has 0 saturated carbocycles. The highest BCUT2D eigenvalue weighted by Gasteiger charge is 2.30. The van der Waals surface area contributed by atoms with Crippen LogP contribution in [0.3, 0.4) is 0 Å². The van der Waals surface area contributed by atoms with E-state index in [9.17, 15) is 13.2 Å². The lowest BCUT2D eigenvalue weighted by Crippen LogP contribution is -2.47. The highest BCUT2D eigenvalue weighted by molar-refractivity contribution is 7.89. The molecule has 1 saturated heterocycles. The smallest absolute Gasteiger partial charge is 0.407 e. The van der Waals surface area contributed by atoms with Crippen LogP contribution in [-0.4, -0.2) is 43.5 Å². The van der Waals surface area contributed by atoms with Crippen molar-refractivity contribution >= 4 is 22.2 Å². The lowest BCUT2D eigenvalue weighted by atomic mass is 10.1. The number of hydrogen-bond acceptors (Lipinski definition) is 4. The summed E-state index contributed by atoms with van der Waals surface area (Å²) in [6, 6.07) is 6.64. The van der Waals surface area contributed by atoms with E-state index >= 15 is 0 Å². The van der Waals surface area contributed by atoms with Crippen LogP contribution in [-0.2, 0) is 14.8 Å². The molecular weight excluding hydrogens is 340 g/mol. The van der Waals surface area contributed by atoms with Gasteiger partial charge in [-0.3, -0.25) is 0 Å². The molecule has 0 spiro atoms. The lowest BCUT2D eigenvalue weighted by molar-refractivity contribution is 0.0489. The molecule has 1 fully saturated rings. The number of alkyl carbamates (subject to hydrolysis) is 1. The Morgan fingerprint density at radius 3 is 2.52 bits per heavy atom. The minimum absolute atomic E-state index is 0.0826. The SMILES string of the molecule is C=Cc1cccc(S(=O)(=O)N2CCC(NC(=O)OC(C)(C)C)CC2)c1. The third-order valence-electron chi connectivity index (χ3n) is 3.91. The normalized spacial score (nSPS) is 17.1. The van der Waals surface area contributed by atoms with Gasteiger partial charge in [0.15, 0.2) is 0 Å². The summed E-state index contributed by atoms with van der Waals surface area (Å²) in [7, 11) is -3.53. The van der Waals surface area contributed by atoms with Gasteiger partial charge in [0.05, 0.1) is 4.90 Å². The molecule has 1 aromatic carbocycles. The highest BCUT2D eigenvalue weighted by atomic mass is 32.2. The van der Waals surface area contributed by atoms with Crippen molar-refractivity contribution in [2.24, 2.45) is 0 Å². The monoisotopic (exact) mass is 366 g/mol. The summed E-state index contributed by atoms with van der Waals surface area (Å²) >= 11 is 0. The number of carbonyl (C=O) groups is 1. The molecule has 1 aliphatic heterocycles. The van der Waals surface area contributed by atoms with Crippen LogP contribution < -0.4 is 5.32 Å². The fraction of sp³-hybridized carbons (Fsp3) is 0.500. The molecule has 1 N–H and O–H groups in total. The van der Waals surface area contributed by atoms with Crippen molar-refractivity contribution in [2.45, 2.75) is 50.2 Å². The molecule has 1 amide bonds. The second kappa shape index (κ2) is 7.58. The van der Waals surface area contributed by atoms with Gasteiger partial charge < -0.3 is 10.1 Å². The Kier molecular flexibility index (Phi) is 5.90.